The molecule has 0 saturated carbocycles. The average molecular weight is 296 g/mol. The van der Waals surface area contributed by atoms with Crippen molar-refractivity contribution in [2.75, 3.05) is 7.11 Å². The van der Waals surface area contributed by atoms with Crippen LogP contribution in [0.5, 0.6) is 0 Å². The highest BCUT2D eigenvalue weighted by atomic mass is 16.6. The number of nitro groups is 1. The first kappa shape index (κ1) is 13.8. The molecule has 6 heteroatoms. The summed E-state index contributed by atoms with van der Waals surface area (Å²) in [5, 5.41) is 12.0. The number of nitrogens with zero attached hydrogens (tertiary/aromatic N) is 2. The number of nitro benzene ring substituents is 1. The molecule has 0 aliphatic carbocycles. The van der Waals surface area contributed by atoms with Gasteiger partial charge in [0.05, 0.1) is 23.1 Å². The normalized spacial score (nSPS) is 10.6. The Labute approximate surface area is 125 Å². The Bertz CT molecular complexity index is 883. The zero-order valence-electron chi connectivity index (χ0n) is 11.7. The van der Waals surface area contributed by atoms with E-state index in [1.165, 1.54) is 13.2 Å². The van der Waals surface area contributed by atoms with Crippen molar-refractivity contribution in [1.29, 1.82) is 0 Å². The third kappa shape index (κ3) is 2.20. The van der Waals surface area contributed by atoms with Gasteiger partial charge in [-0.25, -0.2) is 4.79 Å². The minimum atomic E-state index is -0.416. The molecule has 3 aromatic rings. The van der Waals surface area contributed by atoms with Gasteiger partial charge in [0.15, 0.2) is 0 Å². The number of carbonyl (C=O) groups excluding carboxylic acids is 1. The summed E-state index contributed by atoms with van der Waals surface area (Å²) in [6.45, 7) is 0. The van der Waals surface area contributed by atoms with E-state index in [2.05, 4.69) is 0 Å². The van der Waals surface area contributed by atoms with E-state index in [-0.39, 0.29) is 5.69 Å². The summed E-state index contributed by atoms with van der Waals surface area (Å²) in [7, 11) is 1.32. The first-order valence-electron chi connectivity index (χ1n) is 6.55. The third-order valence-corrected chi connectivity index (χ3v) is 3.45. The van der Waals surface area contributed by atoms with Crippen LogP contribution in [0.25, 0.3) is 16.6 Å². The molecule has 0 aliphatic rings. The molecule has 110 valence electrons. The van der Waals surface area contributed by atoms with Gasteiger partial charge in [0, 0.05) is 17.6 Å². The molecule has 1 aromatic heterocycles. The number of hydrogen-bond donors (Lipinski definition) is 0. The molecule has 0 amide bonds. The summed E-state index contributed by atoms with van der Waals surface area (Å²) in [5.74, 6) is -0.416. The topological polar surface area (TPSA) is 74.4 Å². The molecule has 0 saturated heterocycles. The standard InChI is InChI=1S/C16H12N2O4/c1-22-16(19)12-6-7-13-11(10-12)8-9-17(13)14-4-2-3-5-15(14)18(20)21/h2-10H,1H3. The predicted octanol–water partition coefficient (Wildman–Crippen LogP) is 3.33. The summed E-state index contributed by atoms with van der Waals surface area (Å²) in [4.78, 5) is 22.3. The molecule has 0 atom stereocenters. The van der Waals surface area contributed by atoms with Crippen LogP contribution in [0.2, 0.25) is 0 Å². The Morgan fingerprint density at radius 1 is 1.18 bits per heavy atom. The number of hydrogen-bond acceptors (Lipinski definition) is 4. The van der Waals surface area contributed by atoms with Crippen molar-refractivity contribution in [3.05, 3.63) is 70.4 Å². The number of benzene rings is 2. The lowest BCUT2D eigenvalue weighted by atomic mass is 10.1. The Morgan fingerprint density at radius 3 is 2.68 bits per heavy atom. The fourth-order valence-corrected chi connectivity index (χ4v) is 2.42. The lowest BCUT2D eigenvalue weighted by Crippen LogP contribution is -2.01. The SMILES string of the molecule is COC(=O)c1ccc2c(ccn2-c2ccccc2[N+](=O)[O-])c1. The molecule has 0 N–H and O–H groups in total. The molecular formula is C16H12N2O4. The Morgan fingerprint density at radius 2 is 1.95 bits per heavy atom. The van der Waals surface area contributed by atoms with Crippen molar-refractivity contribution in [3.8, 4) is 5.69 Å². The van der Waals surface area contributed by atoms with Crippen LogP contribution in [0.15, 0.2) is 54.7 Å². The molecule has 0 aliphatic heterocycles. The fraction of sp³-hybridized carbons (Fsp3) is 0.0625. The number of methoxy groups -OCH3 is 1. The van der Waals surface area contributed by atoms with Gasteiger partial charge in [-0.05, 0) is 30.3 Å². The van der Waals surface area contributed by atoms with Crippen LogP contribution in [0.1, 0.15) is 10.4 Å². The zero-order valence-corrected chi connectivity index (χ0v) is 11.7. The minimum absolute atomic E-state index is 0.0250. The summed E-state index contributed by atoms with van der Waals surface area (Å²) in [6.07, 6.45) is 1.74. The van der Waals surface area contributed by atoms with Gasteiger partial charge >= 0.3 is 5.97 Å². The zero-order chi connectivity index (χ0) is 15.7. The maximum Gasteiger partial charge on any atom is 0.337 e. The van der Waals surface area contributed by atoms with E-state index in [1.54, 1.807) is 53.2 Å². The molecule has 0 unspecified atom stereocenters. The number of esters is 1. The lowest BCUT2D eigenvalue weighted by Gasteiger charge is -2.06. The van der Waals surface area contributed by atoms with Crippen molar-refractivity contribution in [2.45, 2.75) is 0 Å². The van der Waals surface area contributed by atoms with Crippen LogP contribution in [0.4, 0.5) is 5.69 Å². The maximum absolute atomic E-state index is 11.6. The van der Waals surface area contributed by atoms with Gasteiger partial charge in [0.2, 0.25) is 0 Å². The van der Waals surface area contributed by atoms with Crippen LogP contribution in [-0.2, 0) is 4.74 Å². The molecule has 0 fully saturated rings. The quantitative estimate of drug-likeness (QED) is 0.422. The predicted molar refractivity (Wildman–Crippen MR) is 81.3 cm³/mol. The van der Waals surface area contributed by atoms with Crippen LogP contribution < -0.4 is 0 Å². The van der Waals surface area contributed by atoms with Gasteiger partial charge in [-0.1, -0.05) is 12.1 Å². The van der Waals surface area contributed by atoms with E-state index < -0.39 is 10.9 Å². The van der Waals surface area contributed by atoms with Crippen molar-refractivity contribution in [2.24, 2.45) is 0 Å². The first-order valence-corrected chi connectivity index (χ1v) is 6.55. The van der Waals surface area contributed by atoms with Crippen molar-refractivity contribution in [3.63, 3.8) is 0 Å². The van der Waals surface area contributed by atoms with E-state index in [4.69, 9.17) is 4.74 Å². The highest BCUT2D eigenvalue weighted by molar-refractivity contribution is 5.95. The van der Waals surface area contributed by atoms with Gasteiger partial charge in [-0.15, -0.1) is 0 Å². The van der Waals surface area contributed by atoms with E-state index >= 15 is 0 Å². The van der Waals surface area contributed by atoms with E-state index in [0.29, 0.717) is 11.3 Å². The second kappa shape index (κ2) is 5.33. The number of rotatable bonds is 3. The summed E-state index contributed by atoms with van der Waals surface area (Å²) < 4.78 is 6.42. The highest BCUT2D eigenvalue weighted by Crippen LogP contribution is 2.27. The molecule has 0 bridgehead atoms. The van der Waals surface area contributed by atoms with E-state index in [1.807, 2.05) is 0 Å². The number of para-hydroxylation sites is 2. The minimum Gasteiger partial charge on any atom is -0.465 e. The van der Waals surface area contributed by atoms with E-state index in [0.717, 1.165) is 10.9 Å². The summed E-state index contributed by atoms with van der Waals surface area (Å²) >= 11 is 0. The number of fused-ring (bicyclic) bond motifs is 1. The molecule has 1 heterocycles. The molecular weight excluding hydrogens is 284 g/mol. The van der Waals surface area contributed by atoms with Crippen LogP contribution in [0.3, 0.4) is 0 Å². The first-order chi connectivity index (χ1) is 10.6. The Balaban J connectivity index is 2.18. The highest BCUT2D eigenvalue weighted by Gasteiger charge is 2.16. The monoisotopic (exact) mass is 296 g/mol. The van der Waals surface area contributed by atoms with Gasteiger partial charge < -0.3 is 9.30 Å². The van der Waals surface area contributed by atoms with Crippen LogP contribution in [-0.4, -0.2) is 22.6 Å². The van der Waals surface area contributed by atoms with Gasteiger partial charge in [0.25, 0.3) is 5.69 Å². The second-order valence-corrected chi connectivity index (χ2v) is 4.70. The molecule has 0 spiro atoms. The Hall–Kier alpha value is -3.15. The van der Waals surface area contributed by atoms with Gasteiger partial charge in [-0.3, -0.25) is 10.1 Å². The fourth-order valence-electron chi connectivity index (χ4n) is 2.42. The Kier molecular flexibility index (Phi) is 3.34. The van der Waals surface area contributed by atoms with Crippen LogP contribution in [0, 0.1) is 10.1 Å². The molecule has 0 radical (unpaired) electrons. The summed E-state index contributed by atoms with van der Waals surface area (Å²) in [6, 6.07) is 13.4. The lowest BCUT2D eigenvalue weighted by molar-refractivity contribution is -0.384. The van der Waals surface area contributed by atoms with Crippen molar-refractivity contribution < 1.29 is 14.5 Å². The third-order valence-electron chi connectivity index (χ3n) is 3.45. The van der Waals surface area contributed by atoms with Crippen molar-refractivity contribution in [1.82, 2.24) is 4.57 Å². The second-order valence-electron chi connectivity index (χ2n) is 4.70. The average Bonchev–Trinajstić information content (AvgIpc) is 2.96. The number of carbonyl (C=O) groups is 1. The molecule has 22 heavy (non-hydrogen) atoms. The molecule has 3 rings (SSSR count). The van der Waals surface area contributed by atoms with Gasteiger partial charge in [-0.2, -0.15) is 0 Å². The summed E-state index contributed by atoms with van der Waals surface area (Å²) in [5.41, 5.74) is 1.72. The van der Waals surface area contributed by atoms with Crippen LogP contribution >= 0.6 is 0 Å². The molecule has 2 aromatic carbocycles. The maximum atomic E-state index is 11.6. The smallest absolute Gasteiger partial charge is 0.337 e. The van der Waals surface area contributed by atoms with Gasteiger partial charge in [0.1, 0.15) is 5.69 Å². The van der Waals surface area contributed by atoms with Crippen molar-refractivity contribution >= 4 is 22.6 Å². The van der Waals surface area contributed by atoms with E-state index in [9.17, 15) is 14.9 Å². The molecule has 6 nitrogen and oxygen atoms in total. The number of ether oxygens (including phenoxy) is 1. The number of aromatic nitrogens is 1. The largest absolute Gasteiger partial charge is 0.465 e.